The van der Waals surface area contributed by atoms with Crippen LogP contribution in [0.25, 0.3) is 82.4 Å². The topological polar surface area (TPSA) is 8.17 Å². The zero-order valence-corrected chi connectivity index (χ0v) is 31.8. The predicted octanol–water partition coefficient (Wildman–Crippen LogP) is 15.6. The third kappa shape index (κ3) is 5.66. The van der Waals surface area contributed by atoms with Gasteiger partial charge in [0.2, 0.25) is 0 Å². The first-order valence-electron chi connectivity index (χ1n) is 19.9. The Labute approximate surface area is 338 Å². The molecule has 0 unspecified atom stereocenters. The second-order valence-corrected chi connectivity index (χ2v) is 14.9. The van der Waals surface area contributed by atoms with Crippen LogP contribution in [0.5, 0.6) is 0 Å². The minimum Gasteiger partial charge on any atom is -0.309 e. The molecular formula is C56H38N2. The zero-order chi connectivity index (χ0) is 38.4. The second-order valence-electron chi connectivity index (χ2n) is 14.9. The number of anilines is 3. The highest BCUT2D eigenvalue weighted by atomic mass is 15.2. The van der Waals surface area contributed by atoms with Gasteiger partial charge in [-0.25, -0.2) is 0 Å². The number of aromatic nitrogens is 1. The normalized spacial score (nSPS) is 11.4. The Kier molecular flexibility index (Phi) is 8.19. The van der Waals surface area contributed by atoms with Crippen LogP contribution in [0.1, 0.15) is 0 Å². The van der Waals surface area contributed by atoms with Gasteiger partial charge in [0.25, 0.3) is 0 Å². The Hall–Kier alpha value is -7.68. The van der Waals surface area contributed by atoms with E-state index < -0.39 is 0 Å². The van der Waals surface area contributed by atoms with E-state index in [0.29, 0.717) is 0 Å². The standard InChI is InChI=1S/C56H38N2/c1-3-19-41(20-4-1)47-25-11-13-29-51(47)58-52-30-14-12-26-50(52)55-53(31-16-32-54(55)58)57(46-23-5-2-6-24-46)56-48(44-35-33-39-17-7-9-21-42(39)37-44)27-15-28-49(56)45-36-34-40-18-8-10-22-43(40)38-45/h1-38H. The van der Waals surface area contributed by atoms with Crippen LogP contribution in [0, 0.1) is 0 Å². The lowest BCUT2D eigenvalue weighted by Crippen LogP contribution is -2.13. The van der Waals surface area contributed by atoms with Crippen LogP contribution in [0.4, 0.5) is 17.1 Å². The van der Waals surface area contributed by atoms with Crippen molar-refractivity contribution in [1.82, 2.24) is 4.57 Å². The van der Waals surface area contributed by atoms with E-state index in [1.807, 2.05) is 0 Å². The van der Waals surface area contributed by atoms with Crippen LogP contribution in [0.3, 0.4) is 0 Å². The molecule has 0 fully saturated rings. The van der Waals surface area contributed by atoms with E-state index in [1.54, 1.807) is 0 Å². The SMILES string of the molecule is c1ccc(-c2ccccc2-n2c3ccccc3c3c(N(c4ccccc4)c4c(-c5ccc6ccccc6c5)cccc4-c4ccc5ccccc5c4)cccc32)cc1. The summed E-state index contributed by atoms with van der Waals surface area (Å²) in [5, 5.41) is 7.29. The van der Waals surface area contributed by atoms with Crippen molar-refractivity contribution in [3.8, 4) is 39.1 Å². The lowest BCUT2D eigenvalue weighted by Gasteiger charge is -2.31. The Balaban J connectivity index is 1.25. The first-order valence-corrected chi connectivity index (χ1v) is 19.9. The molecule has 272 valence electrons. The number of fused-ring (bicyclic) bond motifs is 5. The van der Waals surface area contributed by atoms with Gasteiger partial charge in [0.05, 0.1) is 28.1 Å². The van der Waals surface area contributed by atoms with Crippen molar-refractivity contribution in [2.45, 2.75) is 0 Å². The fourth-order valence-electron chi connectivity index (χ4n) is 8.91. The molecule has 58 heavy (non-hydrogen) atoms. The molecule has 2 heteroatoms. The van der Waals surface area contributed by atoms with Crippen molar-refractivity contribution >= 4 is 60.4 Å². The molecule has 0 aliphatic rings. The summed E-state index contributed by atoms with van der Waals surface area (Å²) in [5.41, 5.74) is 13.9. The lowest BCUT2D eigenvalue weighted by atomic mass is 9.92. The number of benzene rings is 10. The summed E-state index contributed by atoms with van der Waals surface area (Å²) in [6.45, 7) is 0. The van der Waals surface area contributed by atoms with Gasteiger partial charge < -0.3 is 9.47 Å². The van der Waals surface area contributed by atoms with E-state index in [0.717, 1.165) is 39.4 Å². The Morgan fingerprint density at radius 2 is 0.845 bits per heavy atom. The number of hydrogen-bond donors (Lipinski definition) is 0. The van der Waals surface area contributed by atoms with Gasteiger partial charge in [-0.05, 0) is 86.8 Å². The maximum absolute atomic E-state index is 2.51. The van der Waals surface area contributed by atoms with Crippen molar-refractivity contribution in [1.29, 1.82) is 0 Å². The molecule has 0 aliphatic heterocycles. The van der Waals surface area contributed by atoms with Crippen LogP contribution >= 0.6 is 0 Å². The molecule has 11 aromatic rings. The third-order valence-electron chi connectivity index (χ3n) is 11.5. The van der Waals surface area contributed by atoms with Crippen molar-refractivity contribution < 1.29 is 0 Å². The molecule has 2 nitrogen and oxygen atoms in total. The molecule has 1 aromatic heterocycles. The molecule has 0 saturated carbocycles. The van der Waals surface area contributed by atoms with Gasteiger partial charge in [-0.3, -0.25) is 0 Å². The average molecular weight is 739 g/mol. The van der Waals surface area contributed by atoms with Gasteiger partial charge in [0, 0.05) is 33.2 Å². The summed E-state index contributed by atoms with van der Waals surface area (Å²) in [6, 6.07) is 83.9. The van der Waals surface area contributed by atoms with E-state index in [9.17, 15) is 0 Å². The number of para-hydroxylation sites is 4. The first kappa shape index (κ1) is 33.6. The van der Waals surface area contributed by atoms with E-state index in [4.69, 9.17) is 0 Å². The molecule has 0 N–H and O–H groups in total. The number of nitrogens with zero attached hydrogens (tertiary/aromatic N) is 2. The van der Waals surface area contributed by atoms with Crippen molar-refractivity contribution in [2.75, 3.05) is 4.90 Å². The first-order chi connectivity index (χ1) is 28.8. The molecule has 0 spiro atoms. The molecule has 0 atom stereocenters. The van der Waals surface area contributed by atoms with Crippen LogP contribution in [0.2, 0.25) is 0 Å². The van der Waals surface area contributed by atoms with Gasteiger partial charge in [0.1, 0.15) is 0 Å². The van der Waals surface area contributed by atoms with Gasteiger partial charge in [-0.1, -0.05) is 182 Å². The zero-order valence-electron chi connectivity index (χ0n) is 31.8. The maximum atomic E-state index is 2.51. The van der Waals surface area contributed by atoms with E-state index >= 15 is 0 Å². The minimum absolute atomic E-state index is 1.09. The summed E-state index contributed by atoms with van der Waals surface area (Å²) in [5.74, 6) is 0. The highest BCUT2D eigenvalue weighted by Gasteiger charge is 2.26. The predicted molar refractivity (Wildman–Crippen MR) is 247 cm³/mol. The van der Waals surface area contributed by atoms with Crippen LogP contribution in [-0.2, 0) is 0 Å². The second kappa shape index (κ2) is 14.1. The maximum Gasteiger partial charge on any atom is 0.0618 e. The lowest BCUT2D eigenvalue weighted by molar-refractivity contribution is 1.18. The largest absolute Gasteiger partial charge is 0.309 e. The molecular weight excluding hydrogens is 701 g/mol. The highest BCUT2D eigenvalue weighted by molar-refractivity contribution is 6.18. The molecule has 0 saturated heterocycles. The molecule has 11 rings (SSSR count). The van der Waals surface area contributed by atoms with E-state index in [1.165, 1.54) is 60.1 Å². The monoisotopic (exact) mass is 738 g/mol. The number of hydrogen-bond acceptors (Lipinski definition) is 1. The molecule has 0 radical (unpaired) electrons. The van der Waals surface area contributed by atoms with Crippen molar-refractivity contribution in [3.63, 3.8) is 0 Å². The summed E-state index contributed by atoms with van der Waals surface area (Å²) in [6.07, 6.45) is 0. The van der Waals surface area contributed by atoms with Gasteiger partial charge in [-0.15, -0.1) is 0 Å². The Morgan fingerprint density at radius 1 is 0.328 bits per heavy atom. The molecule has 1 heterocycles. The van der Waals surface area contributed by atoms with Crippen LogP contribution in [0.15, 0.2) is 231 Å². The van der Waals surface area contributed by atoms with Crippen molar-refractivity contribution in [2.24, 2.45) is 0 Å². The van der Waals surface area contributed by atoms with E-state index in [2.05, 4.69) is 240 Å². The molecule has 10 aromatic carbocycles. The molecule has 0 bridgehead atoms. The summed E-state index contributed by atoms with van der Waals surface area (Å²) >= 11 is 0. The summed E-state index contributed by atoms with van der Waals surface area (Å²) in [7, 11) is 0. The average Bonchev–Trinajstić information content (AvgIpc) is 3.64. The van der Waals surface area contributed by atoms with Crippen LogP contribution in [-0.4, -0.2) is 4.57 Å². The summed E-state index contributed by atoms with van der Waals surface area (Å²) < 4.78 is 2.46. The number of rotatable bonds is 7. The third-order valence-corrected chi connectivity index (χ3v) is 11.5. The fourth-order valence-corrected chi connectivity index (χ4v) is 8.91. The smallest absolute Gasteiger partial charge is 0.0618 e. The fraction of sp³-hybridized carbons (Fsp3) is 0. The van der Waals surface area contributed by atoms with Gasteiger partial charge in [0.15, 0.2) is 0 Å². The van der Waals surface area contributed by atoms with Crippen LogP contribution < -0.4 is 4.90 Å². The molecule has 0 amide bonds. The van der Waals surface area contributed by atoms with Crippen molar-refractivity contribution in [3.05, 3.63) is 231 Å². The Morgan fingerprint density at radius 3 is 1.53 bits per heavy atom. The molecule has 0 aliphatic carbocycles. The quantitative estimate of drug-likeness (QED) is 0.158. The Bertz CT molecular complexity index is 3190. The minimum atomic E-state index is 1.09. The van der Waals surface area contributed by atoms with Gasteiger partial charge in [-0.2, -0.15) is 0 Å². The van der Waals surface area contributed by atoms with E-state index in [-0.39, 0.29) is 0 Å². The van der Waals surface area contributed by atoms with Gasteiger partial charge >= 0.3 is 0 Å². The summed E-state index contributed by atoms with van der Waals surface area (Å²) in [4.78, 5) is 2.51. The highest BCUT2D eigenvalue weighted by Crippen LogP contribution is 2.50.